The lowest BCUT2D eigenvalue weighted by Gasteiger charge is -2.20. The molecule has 1 N–H and O–H groups in total. The zero-order chi connectivity index (χ0) is 17.2. The van der Waals surface area contributed by atoms with Gasteiger partial charge < -0.3 is 14.8 Å². The second kappa shape index (κ2) is 6.29. The van der Waals surface area contributed by atoms with Crippen molar-refractivity contribution in [3.8, 4) is 11.5 Å². The average Bonchev–Trinajstić information content (AvgIpc) is 2.50. The van der Waals surface area contributed by atoms with Crippen molar-refractivity contribution in [2.75, 3.05) is 26.6 Å². The Morgan fingerprint density at radius 3 is 2.57 bits per heavy atom. The van der Waals surface area contributed by atoms with E-state index in [1.54, 1.807) is 18.2 Å². The van der Waals surface area contributed by atoms with Gasteiger partial charge in [0, 0.05) is 19.3 Å². The summed E-state index contributed by atoms with van der Waals surface area (Å²) in [5.41, 5.74) is 0.705. The fraction of sp³-hybridized carbons (Fsp3) is 0.286. The number of ether oxygens (including phenoxy) is 2. The predicted octanol–water partition coefficient (Wildman–Crippen LogP) is 1.18. The maximum Gasteiger partial charge on any atom is 0.344 e. The van der Waals surface area contributed by atoms with Crippen molar-refractivity contribution in [1.82, 2.24) is 4.31 Å². The maximum absolute atomic E-state index is 12.4. The molecule has 8 nitrogen and oxygen atoms in total. The topological polar surface area (TPSA) is 97.3 Å². The molecular weight excluding hydrogens is 322 g/mol. The number of benzene rings is 1. The van der Waals surface area contributed by atoms with E-state index < -0.39 is 16.1 Å². The summed E-state index contributed by atoms with van der Waals surface area (Å²) in [7, 11) is 0.557. The molecule has 1 aromatic carbocycles. The first-order valence-electron chi connectivity index (χ1n) is 6.58. The van der Waals surface area contributed by atoms with Crippen molar-refractivity contribution < 1.29 is 22.7 Å². The number of methoxy groups -OCH3 is 2. The van der Waals surface area contributed by atoms with Crippen LogP contribution in [0.15, 0.2) is 34.4 Å². The highest BCUT2D eigenvalue weighted by Gasteiger charge is 2.25. The molecule has 23 heavy (non-hydrogen) atoms. The SMILES string of the molecule is COc1ccc(NC(=O)C2=CN(C)S(=O)(=O)N=C2C)c(OC)c1. The molecule has 1 heterocycles. The first-order valence-corrected chi connectivity index (χ1v) is 7.98. The monoisotopic (exact) mass is 339 g/mol. The van der Waals surface area contributed by atoms with Crippen LogP contribution in [0.5, 0.6) is 11.5 Å². The van der Waals surface area contributed by atoms with Gasteiger partial charge in [-0.05, 0) is 19.1 Å². The van der Waals surface area contributed by atoms with Crippen LogP contribution < -0.4 is 14.8 Å². The van der Waals surface area contributed by atoms with Gasteiger partial charge in [0.25, 0.3) is 5.91 Å². The van der Waals surface area contributed by atoms with E-state index in [2.05, 4.69) is 9.71 Å². The van der Waals surface area contributed by atoms with Crippen molar-refractivity contribution in [3.05, 3.63) is 30.0 Å². The Morgan fingerprint density at radius 2 is 1.96 bits per heavy atom. The smallest absolute Gasteiger partial charge is 0.344 e. The van der Waals surface area contributed by atoms with Crippen LogP contribution in [-0.2, 0) is 15.0 Å². The molecule has 0 bridgehead atoms. The molecule has 124 valence electrons. The fourth-order valence-electron chi connectivity index (χ4n) is 1.94. The Hall–Kier alpha value is -2.55. The molecule has 0 radical (unpaired) electrons. The van der Waals surface area contributed by atoms with Gasteiger partial charge in [0.1, 0.15) is 11.5 Å². The van der Waals surface area contributed by atoms with Gasteiger partial charge in [0.2, 0.25) is 0 Å². The summed E-state index contributed by atoms with van der Waals surface area (Å²) in [5.74, 6) is 0.515. The molecule has 1 amide bonds. The second-order valence-corrected chi connectivity index (χ2v) is 6.39. The molecule has 0 saturated carbocycles. The first-order chi connectivity index (χ1) is 10.8. The summed E-state index contributed by atoms with van der Waals surface area (Å²) in [4.78, 5) is 12.4. The Morgan fingerprint density at radius 1 is 1.26 bits per heavy atom. The highest BCUT2D eigenvalue weighted by molar-refractivity contribution is 7.88. The van der Waals surface area contributed by atoms with Crippen LogP contribution in [0, 0.1) is 0 Å². The summed E-state index contributed by atoms with van der Waals surface area (Å²) in [6, 6.07) is 4.93. The molecule has 0 atom stereocenters. The zero-order valence-corrected chi connectivity index (χ0v) is 14.0. The van der Waals surface area contributed by atoms with Crippen LogP contribution in [-0.4, -0.2) is 45.6 Å². The van der Waals surface area contributed by atoms with E-state index in [0.717, 1.165) is 4.31 Å². The Balaban J connectivity index is 2.28. The van der Waals surface area contributed by atoms with Gasteiger partial charge >= 0.3 is 10.2 Å². The fourth-order valence-corrected chi connectivity index (χ4v) is 2.75. The molecule has 0 spiro atoms. The van der Waals surface area contributed by atoms with E-state index in [4.69, 9.17) is 9.47 Å². The summed E-state index contributed by atoms with van der Waals surface area (Å²) in [6.07, 6.45) is 1.23. The van der Waals surface area contributed by atoms with Crippen LogP contribution in [0.2, 0.25) is 0 Å². The van der Waals surface area contributed by atoms with Crippen LogP contribution in [0.3, 0.4) is 0 Å². The third kappa shape index (κ3) is 3.45. The van der Waals surface area contributed by atoms with E-state index in [-0.39, 0.29) is 11.3 Å². The van der Waals surface area contributed by atoms with Gasteiger partial charge in [-0.2, -0.15) is 8.42 Å². The minimum atomic E-state index is -3.75. The molecule has 0 unspecified atom stereocenters. The summed E-state index contributed by atoms with van der Waals surface area (Å²) in [5, 5.41) is 2.67. The predicted molar refractivity (Wildman–Crippen MR) is 86.1 cm³/mol. The number of hydrogen-bond donors (Lipinski definition) is 1. The summed E-state index contributed by atoms with van der Waals surface area (Å²) >= 11 is 0. The number of hydrogen-bond acceptors (Lipinski definition) is 5. The quantitative estimate of drug-likeness (QED) is 0.888. The lowest BCUT2D eigenvalue weighted by atomic mass is 10.1. The third-order valence-corrected chi connectivity index (χ3v) is 4.56. The second-order valence-electron chi connectivity index (χ2n) is 4.73. The normalized spacial score (nSPS) is 16.3. The van der Waals surface area contributed by atoms with E-state index in [0.29, 0.717) is 17.2 Å². The standard InChI is InChI=1S/C14H17N3O5S/c1-9-11(8-17(2)23(19,20)16-9)14(18)15-12-6-5-10(21-3)7-13(12)22-4/h5-8H,1-4H3,(H,15,18). The lowest BCUT2D eigenvalue weighted by Crippen LogP contribution is -2.30. The molecule has 1 aromatic rings. The number of anilines is 1. The average molecular weight is 339 g/mol. The Labute approximate surface area is 134 Å². The van der Waals surface area contributed by atoms with Crippen molar-refractivity contribution in [3.63, 3.8) is 0 Å². The van der Waals surface area contributed by atoms with Crippen molar-refractivity contribution in [2.45, 2.75) is 6.92 Å². The van der Waals surface area contributed by atoms with E-state index >= 15 is 0 Å². The molecule has 2 rings (SSSR count). The van der Waals surface area contributed by atoms with Crippen LogP contribution in [0.4, 0.5) is 5.69 Å². The largest absolute Gasteiger partial charge is 0.497 e. The minimum Gasteiger partial charge on any atom is -0.497 e. The molecule has 9 heteroatoms. The zero-order valence-electron chi connectivity index (χ0n) is 13.2. The maximum atomic E-state index is 12.4. The van der Waals surface area contributed by atoms with E-state index in [1.807, 2.05) is 0 Å². The van der Waals surface area contributed by atoms with Crippen molar-refractivity contribution in [1.29, 1.82) is 0 Å². The number of carbonyl (C=O) groups is 1. The molecule has 0 saturated heterocycles. The number of nitrogens with zero attached hydrogens (tertiary/aromatic N) is 2. The van der Waals surface area contributed by atoms with Gasteiger partial charge in [-0.3, -0.25) is 9.10 Å². The third-order valence-electron chi connectivity index (χ3n) is 3.22. The van der Waals surface area contributed by atoms with E-state index in [1.165, 1.54) is 34.4 Å². The van der Waals surface area contributed by atoms with Gasteiger partial charge in [-0.15, -0.1) is 4.40 Å². The molecule has 1 aliphatic rings. The summed E-state index contributed by atoms with van der Waals surface area (Å²) < 4.78 is 38.0. The Kier molecular flexibility index (Phi) is 4.60. The minimum absolute atomic E-state index is 0.119. The number of nitrogens with one attached hydrogen (secondary N) is 1. The number of rotatable bonds is 4. The molecule has 0 aromatic heterocycles. The van der Waals surface area contributed by atoms with Gasteiger partial charge in [-0.1, -0.05) is 0 Å². The molecule has 0 aliphatic carbocycles. The molecular formula is C14H17N3O5S. The van der Waals surface area contributed by atoms with Crippen LogP contribution >= 0.6 is 0 Å². The first kappa shape index (κ1) is 16.8. The highest BCUT2D eigenvalue weighted by atomic mass is 32.2. The summed E-state index contributed by atoms with van der Waals surface area (Å²) in [6.45, 7) is 1.46. The highest BCUT2D eigenvalue weighted by Crippen LogP contribution is 2.29. The van der Waals surface area contributed by atoms with Crippen molar-refractivity contribution >= 4 is 27.5 Å². The molecule has 0 fully saturated rings. The number of carbonyl (C=O) groups excluding carboxylic acids is 1. The van der Waals surface area contributed by atoms with Gasteiger partial charge in [0.05, 0.1) is 31.2 Å². The lowest BCUT2D eigenvalue weighted by molar-refractivity contribution is -0.112. The van der Waals surface area contributed by atoms with Gasteiger partial charge in [-0.25, -0.2) is 0 Å². The Bertz CT molecular complexity index is 799. The number of amides is 1. The van der Waals surface area contributed by atoms with Gasteiger partial charge in [0.15, 0.2) is 0 Å². The van der Waals surface area contributed by atoms with Crippen LogP contribution in [0.1, 0.15) is 6.92 Å². The van der Waals surface area contributed by atoms with E-state index in [9.17, 15) is 13.2 Å². The van der Waals surface area contributed by atoms with Crippen molar-refractivity contribution in [2.24, 2.45) is 4.40 Å². The molecule has 1 aliphatic heterocycles. The van der Waals surface area contributed by atoms with Crippen LogP contribution in [0.25, 0.3) is 0 Å².